The summed E-state index contributed by atoms with van der Waals surface area (Å²) in [6.07, 6.45) is 3.32. The van der Waals surface area contributed by atoms with E-state index < -0.39 is 23.4 Å². The van der Waals surface area contributed by atoms with Gasteiger partial charge < -0.3 is 9.64 Å². The first kappa shape index (κ1) is 31.8. The van der Waals surface area contributed by atoms with Crippen LogP contribution >= 0.6 is 23.2 Å². The Bertz CT molecular complexity index is 1620. The van der Waals surface area contributed by atoms with Crippen LogP contribution in [-0.2, 0) is 36.8 Å². The Labute approximate surface area is 258 Å². The van der Waals surface area contributed by atoms with E-state index in [1.807, 2.05) is 6.07 Å². The van der Waals surface area contributed by atoms with Gasteiger partial charge in [-0.05, 0) is 84.0 Å². The van der Waals surface area contributed by atoms with Gasteiger partial charge in [-0.1, -0.05) is 47.5 Å². The van der Waals surface area contributed by atoms with Crippen LogP contribution in [0.3, 0.4) is 0 Å². The van der Waals surface area contributed by atoms with Gasteiger partial charge in [0.15, 0.2) is 0 Å². The van der Waals surface area contributed by atoms with Gasteiger partial charge in [0.05, 0.1) is 12.6 Å². The summed E-state index contributed by atoms with van der Waals surface area (Å²) in [5.74, 6) is -2.31. The van der Waals surface area contributed by atoms with E-state index >= 15 is 0 Å². The van der Waals surface area contributed by atoms with Crippen molar-refractivity contribution < 1.29 is 28.3 Å². The highest BCUT2D eigenvalue weighted by Crippen LogP contribution is 2.33. The Morgan fingerprint density at radius 1 is 0.837 bits per heavy atom. The second-order valence-electron chi connectivity index (χ2n) is 10.1. The van der Waals surface area contributed by atoms with E-state index in [1.165, 1.54) is 19.2 Å². The lowest BCUT2D eigenvalue weighted by Gasteiger charge is -2.32. The molecule has 0 bridgehead atoms. The van der Waals surface area contributed by atoms with E-state index in [-0.39, 0.29) is 24.6 Å². The van der Waals surface area contributed by atoms with Crippen molar-refractivity contribution in [3.8, 4) is 0 Å². The lowest BCUT2D eigenvalue weighted by atomic mass is 9.87. The number of ether oxygens (including phenoxy) is 1. The number of halogens is 3. The number of aromatic nitrogens is 1. The molecule has 4 aromatic rings. The van der Waals surface area contributed by atoms with Crippen LogP contribution in [0.5, 0.6) is 0 Å². The maximum Gasteiger partial charge on any atom is 0.374 e. The lowest BCUT2D eigenvalue weighted by Crippen LogP contribution is -2.42. The number of piperidine rings is 1. The molecular formula is C33H29Cl2FN2O5. The summed E-state index contributed by atoms with van der Waals surface area (Å²) in [5, 5.41) is 2.01. The normalized spacial score (nSPS) is 13.2. The maximum absolute atomic E-state index is 13.7. The van der Waals surface area contributed by atoms with Crippen LogP contribution in [0.4, 0.5) is 4.39 Å². The molecule has 43 heavy (non-hydrogen) atoms. The van der Waals surface area contributed by atoms with Crippen molar-refractivity contribution in [2.24, 2.45) is 0 Å². The second kappa shape index (κ2) is 14.8. The minimum atomic E-state index is -0.819. The van der Waals surface area contributed by atoms with Crippen molar-refractivity contribution >= 4 is 57.5 Å². The molecular weight excluding hydrogens is 594 g/mol. The van der Waals surface area contributed by atoms with Crippen LogP contribution in [0.25, 0.3) is 10.9 Å². The van der Waals surface area contributed by atoms with E-state index in [9.17, 15) is 23.6 Å². The fourth-order valence-corrected chi connectivity index (χ4v) is 5.15. The molecule has 0 aliphatic carbocycles. The average molecular weight is 624 g/mol. The standard InChI is InChI=1S/C23H20ClFN2O2.C10H9ClO3/c24-17-3-1-15(2-4-17)13-22(28)23(29)27-11-8-16(9-12-27)19-7-10-26-21-6-5-18(25)14-20(19)21;1-14-10(13)9(12)6-7-2-4-8(11)5-3-7/h1-7,10,14,16H,8-9,11-13H2;2-5H,6H2,1H3. The summed E-state index contributed by atoms with van der Waals surface area (Å²) >= 11 is 11.5. The molecule has 0 N–H and O–H groups in total. The van der Waals surface area contributed by atoms with Crippen LogP contribution in [0.1, 0.15) is 35.4 Å². The van der Waals surface area contributed by atoms with E-state index in [0.717, 1.165) is 40.4 Å². The zero-order valence-corrected chi connectivity index (χ0v) is 24.9. The third kappa shape index (κ3) is 8.69. The van der Waals surface area contributed by atoms with E-state index in [0.29, 0.717) is 23.1 Å². The molecule has 0 radical (unpaired) electrons. The first-order valence-electron chi connectivity index (χ1n) is 13.6. The smallest absolute Gasteiger partial charge is 0.374 e. The van der Waals surface area contributed by atoms with Gasteiger partial charge in [-0.2, -0.15) is 0 Å². The van der Waals surface area contributed by atoms with Gasteiger partial charge in [0.25, 0.3) is 5.91 Å². The topological polar surface area (TPSA) is 93.6 Å². The van der Waals surface area contributed by atoms with Gasteiger partial charge in [-0.15, -0.1) is 0 Å². The monoisotopic (exact) mass is 622 g/mol. The Morgan fingerprint density at radius 2 is 1.40 bits per heavy atom. The van der Waals surface area contributed by atoms with Crippen LogP contribution in [-0.4, -0.2) is 53.5 Å². The van der Waals surface area contributed by atoms with Crippen molar-refractivity contribution in [1.29, 1.82) is 0 Å². The number of nitrogens with zero attached hydrogens (tertiary/aromatic N) is 2. The number of methoxy groups -OCH3 is 1. The molecule has 0 spiro atoms. The molecule has 3 aromatic carbocycles. The largest absolute Gasteiger partial charge is 0.463 e. The third-order valence-corrected chi connectivity index (χ3v) is 7.67. The minimum absolute atomic E-state index is 0.0455. The van der Waals surface area contributed by atoms with E-state index in [2.05, 4.69) is 9.72 Å². The van der Waals surface area contributed by atoms with Crippen molar-refractivity contribution in [2.75, 3.05) is 20.2 Å². The van der Waals surface area contributed by atoms with Gasteiger partial charge in [-0.25, -0.2) is 9.18 Å². The van der Waals surface area contributed by atoms with Gasteiger partial charge in [0.1, 0.15) is 5.82 Å². The quantitative estimate of drug-likeness (QED) is 0.181. The number of Topliss-reactive ketones (excluding diaryl/α,β-unsaturated/α-hetero) is 2. The third-order valence-electron chi connectivity index (χ3n) is 7.17. The molecule has 2 heterocycles. The second-order valence-corrected chi connectivity index (χ2v) is 10.9. The summed E-state index contributed by atoms with van der Waals surface area (Å²) in [6.45, 7) is 1.02. The molecule has 1 aliphatic rings. The minimum Gasteiger partial charge on any atom is -0.463 e. The molecule has 222 valence electrons. The predicted octanol–water partition coefficient (Wildman–Crippen LogP) is 6.17. The zero-order chi connectivity index (χ0) is 30.9. The molecule has 0 saturated carbocycles. The van der Waals surface area contributed by atoms with Crippen molar-refractivity contribution in [2.45, 2.75) is 31.6 Å². The highest BCUT2D eigenvalue weighted by Gasteiger charge is 2.28. The van der Waals surface area contributed by atoms with Crippen molar-refractivity contribution in [3.05, 3.63) is 112 Å². The Morgan fingerprint density at radius 3 is 1.95 bits per heavy atom. The molecule has 1 aromatic heterocycles. The van der Waals surface area contributed by atoms with Crippen LogP contribution in [0, 0.1) is 5.82 Å². The molecule has 0 unspecified atom stereocenters. The number of likely N-dealkylation sites (tertiary alicyclic amines) is 1. The van der Waals surface area contributed by atoms with Crippen LogP contribution in [0.2, 0.25) is 10.0 Å². The highest BCUT2D eigenvalue weighted by molar-refractivity contribution is 6.36. The Kier molecular flexibility index (Phi) is 11.0. The fourth-order valence-electron chi connectivity index (χ4n) is 4.90. The van der Waals surface area contributed by atoms with E-state index in [4.69, 9.17) is 23.2 Å². The Hall–Kier alpha value is -4.14. The molecule has 1 saturated heterocycles. The number of esters is 1. The number of amides is 1. The van der Waals surface area contributed by atoms with Crippen molar-refractivity contribution in [1.82, 2.24) is 9.88 Å². The maximum atomic E-state index is 13.7. The number of carbonyl (C=O) groups is 4. The van der Waals surface area contributed by atoms with Crippen molar-refractivity contribution in [3.63, 3.8) is 0 Å². The number of rotatable bonds is 7. The highest BCUT2D eigenvalue weighted by atomic mass is 35.5. The van der Waals surface area contributed by atoms with Crippen LogP contribution in [0.15, 0.2) is 79.0 Å². The number of ketones is 2. The van der Waals surface area contributed by atoms with Gasteiger partial charge in [-0.3, -0.25) is 19.4 Å². The number of hydrogen-bond acceptors (Lipinski definition) is 6. The molecule has 5 rings (SSSR count). The first-order valence-corrected chi connectivity index (χ1v) is 14.4. The number of fused-ring (bicyclic) bond motifs is 1. The average Bonchev–Trinajstić information content (AvgIpc) is 3.02. The first-order chi connectivity index (χ1) is 20.6. The summed E-state index contributed by atoms with van der Waals surface area (Å²) < 4.78 is 18.0. The SMILES string of the molecule is COC(=O)C(=O)Cc1ccc(Cl)cc1.O=C(Cc1ccc(Cl)cc1)C(=O)N1CCC(c2ccnc3ccc(F)cc23)CC1. The number of pyridine rings is 1. The Balaban J connectivity index is 0.000000255. The summed E-state index contributed by atoms with van der Waals surface area (Å²) in [4.78, 5) is 52.8. The zero-order valence-electron chi connectivity index (χ0n) is 23.4. The summed E-state index contributed by atoms with van der Waals surface area (Å²) in [6, 6.07) is 20.2. The molecule has 10 heteroatoms. The molecule has 7 nitrogen and oxygen atoms in total. The van der Waals surface area contributed by atoms with Crippen LogP contribution < -0.4 is 0 Å². The van der Waals surface area contributed by atoms with Gasteiger partial charge in [0.2, 0.25) is 11.6 Å². The number of carbonyl (C=O) groups excluding carboxylic acids is 4. The number of benzene rings is 3. The summed E-state index contributed by atoms with van der Waals surface area (Å²) in [5.41, 5.74) is 3.33. The lowest BCUT2D eigenvalue weighted by molar-refractivity contribution is -0.151. The number of hydrogen-bond donors (Lipinski definition) is 0. The molecule has 0 atom stereocenters. The summed E-state index contributed by atoms with van der Waals surface area (Å²) in [7, 11) is 1.18. The van der Waals surface area contributed by atoms with Gasteiger partial charge >= 0.3 is 5.97 Å². The molecule has 1 fully saturated rings. The fraction of sp³-hybridized carbons (Fsp3) is 0.242. The molecule has 1 aliphatic heterocycles. The molecule has 1 amide bonds. The predicted molar refractivity (Wildman–Crippen MR) is 163 cm³/mol. The van der Waals surface area contributed by atoms with Gasteiger partial charge in [0, 0.05) is 47.6 Å². The van der Waals surface area contributed by atoms with E-state index in [1.54, 1.807) is 65.7 Å².